The van der Waals surface area contributed by atoms with Gasteiger partial charge in [0.25, 0.3) is 0 Å². The molecule has 9 heteroatoms. The molecule has 0 unspecified atom stereocenters. The van der Waals surface area contributed by atoms with Crippen molar-refractivity contribution in [2.24, 2.45) is 0 Å². The van der Waals surface area contributed by atoms with E-state index >= 15 is 0 Å². The summed E-state index contributed by atoms with van der Waals surface area (Å²) in [5.41, 5.74) is 2.92. The van der Waals surface area contributed by atoms with Crippen LogP contribution >= 0.6 is 0 Å². The third kappa shape index (κ3) is 4.98. The fourth-order valence-corrected chi connectivity index (χ4v) is 4.57. The van der Waals surface area contributed by atoms with Crippen LogP contribution in [0.4, 0.5) is 10.7 Å². The van der Waals surface area contributed by atoms with Gasteiger partial charge >= 0.3 is 6.03 Å². The van der Waals surface area contributed by atoms with Gasteiger partial charge in [-0.2, -0.15) is 4.98 Å². The minimum atomic E-state index is -0.0799. The van der Waals surface area contributed by atoms with Crippen molar-refractivity contribution in [1.82, 2.24) is 25.3 Å². The molecule has 9 nitrogen and oxygen atoms in total. The Morgan fingerprint density at radius 2 is 2.12 bits per heavy atom. The summed E-state index contributed by atoms with van der Waals surface area (Å²) >= 11 is 0. The van der Waals surface area contributed by atoms with E-state index in [-0.39, 0.29) is 24.0 Å². The molecule has 2 aliphatic rings. The molecule has 5 rings (SSSR count). The highest BCUT2D eigenvalue weighted by Gasteiger charge is 2.39. The third-order valence-corrected chi connectivity index (χ3v) is 6.48. The van der Waals surface area contributed by atoms with Crippen LogP contribution in [0.5, 0.6) is 5.88 Å². The van der Waals surface area contributed by atoms with Crippen LogP contribution in [-0.2, 0) is 13.0 Å². The Hall–Kier alpha value is -3.62. The summed E-state index contributed by atoms with van der Waals surface area (Å²) in [5, 5.41) is 16.9. The first kappa shape index (κ1) is 22.2. The molecule has 0 bridgehead atoms. The van der Waals surface area contributed by atoms with Crippen molar-refractivity contribution in [3.05, 3.63) is 53.9 Å². The standard InChI is InChI=1S/C25H30N6O3/c1-2-17-5-3-6-18(13-17)22-14-19(29-34-22)15-27-25(33)31(20-8-9-20)21-7-4-12-30(16-21)24-26-11-10-23(32)28-24/h3,5-6,10-11,13-14,20-21H,2,4,7-9,12,15-16H2,1H3,(H,27,33)(H,26,28,32)/t21-/m1/s1. The van der Waals surface area contributed by atoms with E-state index in [4.69, 9.17) is 4.52 Å². The fraction of sp³-hybridized carbons (Fsp3) is 0.440. The number of aromatic hydroxyl groups is 1. The Morgan fingerprint density at radius 3 is 2.91 bits per heavy atom. The van der Waals surface area contributed by atoms with Gasteiger partial charge in [0.2, 0.25) is 11.8 Å². The van der Waals surface area contributed by atoms with Crippen molar-refractivity contribution in [2.45, 2.75) is 57.7 Å². The van der Waals surface area contributed by atoms with Crippen LogP contribution in [0, 0.1) is 0 Å². The molecule has 3 aromatic rings. The lowest BCUT2D eigenvalue weighted by Crippen LogP contribution is -2.54. The predicted molar refractivity (Wildman–Crippen MR) is 127 cm³/mol. The number of rotatable bonds is 7. The molecule has 0 spiro atoms. The van der Waals surface area contributed by atoms with Crippen molar-refractivity contribution in [3.63, 3.8) is 0 Å². The molecule has 1 saturated heterocycles. The summed E-state index contributed by atoms with van der Waals surface area (Å²) < 4.78 is 5.54. The first-order valence-electron chi connectivity index (χ1n) is 12.0. The van der Waals surface area contributed by atoms with Gasteiger partial charge < -0.3 is 24.7 Å². The second-order valence-electron chi connectivity index (χ2n) is 8.99. The summed E-state index contributed by atoms with van der Waals surface area (Å²) in [4.78, 5) is 25.7. The zero-order chi connectivity index (χ0) is 23.5. The molecule has 1 saturated carbocycles. The Bertz CT molecular complexity index is 1140. The number of nitrogens with zero attached hydrogens (tertiary/aromatic N) is 5. The maximum absolute atomic E-state index is 13.2. The van der Waals surface area contributed by atoms with Gasteiger partial charge in [0.15, 0.2) is 5.76 Å². The summed E-state index contributed by atoms with van der Waals surface area (Å²) in [6.45, 7) is 3.88. The second kappa shape index (κ2) is 9.70. The van der Waals surface area contributed by atoms with Crippen LogP contribution in [-0.4, -0.2) is 56.3 Å². The number of carbonyl (C=O) groups excluding carboxylic acids is 1. The number of amides is 2. The van der Waals surface area contributed by atoms with E-state index in [1.165, 1.54) is 11.6 Å². The molecule has 0 radical (unpaired) electrons. The number of piperidine rings is 1. The molecule has 2 N–H and O–H groups in total. The van der Waals surface area contributed by atoms with Crippen molar-refractivity contribution >= 4 is 12.0 Å². The van der Waals surface area contributed by atoms with Crippen LogP contribution in [0.15, 0.2) is 47.1 Å². The maximum Gasteiger partial charge on any atom is 0.318 e. The average Bonchev–Trinajstić information content (AvgIpc) is 3.58. The minimum Gasteiger partial charge on any atom is -0.493 e. The fourth-order valence-electron chi connectivity index (χ4n) is 4.57. The smallest absolute Gasteiger partial charge is 0.318 e. The van der Waals surface area contributed by atoms with Gasteiger partial charge in [-0.1, -0.05) is 30.3 Å². The molecule has 2 fully saturated rings. The molecule has 2 amide bonds. The van der Waals surface area contributed by atoms with Gasteiger partial charge in [-0.05, 0) is 43.7 Å². The van der Waals surface area contributed by atoms with Crippen molar-refractivity contribution in [2.75, 3.05) is 18.0 Å². The normalized spacial score (nSPS) is 18.0. The van der Waals surface area contributed by atoms with E-state index in [1.54, 1.807) is 6.20 Å². The summed E-state index contributed by atoms with van der Waals surface area (Å²) in [6, 6.07) is 11.8. The molecule has 34 heavy (non-hydrogen) atoms. The summed E-state index contributed by atoms with van der Waals surface area (Å²) in [6.07, 6.45) is 6.42. The quantitative estimate of drug-likeness (QED) is 0.551. The van der Waals surface area contributed by atoms with Gasteiger partial charge in [0.05, 0.1) is 12.6 Å². The van der Waals surface area contributed by atoms with E-state index in [1.807, 2.05) is 28.0 Å². The third-order valence-electron chi connectivity index (χ3n) is 6.48. The monoisotopic (exact) mass is 462 g/mol. The van der Waals surface area contributed by atoms with Crippen LogP contribution in [0.25, 0.3) is 11.3 Å². The first-order chi connectivity index (χ1) is 16.6. The Labute approximate surface area is 198 Å². The molecule has 1 aromatic carbocycles. The Kier molecular flexibility index (Phi) is 6.33. The molecular formula is C25H30N6O3. The second-order valence-corrected chi connectivity index (χ2v) is 8.99. The SMILES string of the molecule is CCc1cccc(-c2cc(CNC(=O)N(C3CC3)[C@@H]3CCCN(c4nccc(O)n4)C3)no2)c1. The number of hydrogen-bond donors (Lipinski definition) is 2. The van der Waals surface area contributed by atoms with E-state index in [2.05, 4.69) is 39.5 Å². The number of hydrogen-bond acceptors (Lipinski definition) is 7. The molecule has 3 heterocycles. The highest BCUT2D eigenvalue weighted by molar-refractivity contribution is 5.75. The highest BCUT2D eigenvalue weighted by Crippen LogP contribution is 2.32. The predicted octanol–water partition coefficient (Wildman–Crippen LogP) is 3.74. The molecule has 1 aliphatic heterocycles. The molecular weight excluding hydrogens is 432 g/mol. The van der Waals surface area contributed by atoms with Gasteiger partial charge in [-0.3, -0.25) is 0 Å². The van der Waals surface area contributed by atoms with Crippen LogP contribution < -0.4 is 10.2 Å². The topological polar surface area (TPSA) is 108 Å². The van der Waals surface area contributed by atoms with E-state index in [0.29, 0.717) is 30.5 Å². The summed E-state index contributed by atoms with van der Waals surface area (Å²) in [7, 11) is 0. The molecule has 2 aromatic heterocycles. The number of aromatic nitrogens is 3. The number of urea groups is 1. The lowest BCUT2D eigenvalue weighted by atomic mass is 10.0. The minimum absolute atomic E-state index is 0.0442. The number of carbonyl (C=O) groups is 1. The van der Waals surface area contributed by atoms with E-state index in [0.717, 1.165) is 44.2 Å². The van der Waals surface area contributed by atoms with Gasteiger partial charge in [-0.25, -0.2) is 9.78 Å². The molecule has 1 atom stereocenters. The summed E-state index contributed by atoms with van der Waals surface area (Å²) in [5.74, 6) is 1.16. The number of anilines is 1. The molecule has 1 aliphatic carbocycles. The first-order valence-corrected chi connectivity index (χ1v) is 12.0. The van der Waals surface area contributed by atoms with Gasteiger partial charge in [-0.15, -0.1) is 0 Å². The maximum atomic E-state index is 13.2. The van der Waals surface area contributed by atoms with Crippen molar-refractivity contribution in [3.8, 4) is 17.2 Å². The number of nitrogens with one attached hydrogen (secondary N) is 1. The molecule has 178 valence electrons. The van der Waals surface area contributed by atoms with E-state index < -0.39 is 0 Å². The van der Waals surface area contributed by atoms with Gasteiger partial charge in [0, 0.05) is 43.0 Å². The van der Waals surface area contributed by atoms with Crippen molar-refractivity contribution in [1.29, 1.82) is 0 Å². The highest BCUT2D eigenvalue weighted by atomic mass is 16.5. The number of benzene rings is 1. The van der Waals surface area contributed by atoms with E-state index in [9.17, 15) is 9.90 Å². The zero-order valence-electron chi connectivity index (χ0n) is 19.4. The lowest BCUT2D eigenvalue weighted by molar-refractivity contribution is 0.160. The Balaban J connectivity index is 1.23. The number of aryl methyl sites for hydroxylation is 1. The Morgan fingerprint density at radius 1 is 1.24 bits per heavy atom. The van der Waals surface area contributed by atoms with Crippen LogP contribution in [0.3, 0.4) is 0 Å². The van der Waals surface area contributed by atoms with Crippen LogP contribution in [0.2, 0.25) is 0 Å². The lowest BCUT2D eigenvalue weighted by Gasteiger charge is -2.39. The zero-order valence-corrected chi connectivity index (χ0v) is 19.4. The largest absolute Gasteiger partial charge is 0.493 e. The average molecular weight is 463 g/mol. The van der Waals surface area contributed by atoms with Crippen molar-refractivity contribution < 1.29 is 14.4 Å². The van der Waals surface area contributed by atoms with Crippen LogP contribution in [0.1, 0.15) is 43.9 Å². The van der Waals surface area contributed by atoms with Gasteiger partial charge in [0.1, 0.15) is 5.69 Å².